The third-order valence-corrected chi connectivity index (χ3v) is 2.87. The minimum Gasteiger partial charge on any atom is -0.479 e. The van der Waals surface area contributed by atoms with Gasteiger partial charge in [0.15, 0.2) is 12.4 Å². The Kier molecular flexibility index (Phi) is 3.17. The lowest BCUT2D eigenvalue weighted by Gasteiger charge is -2.39. The lowest BCUT2D eigenvalue weighted by molar-refractivity contribution is -0.264. The molecule has 1 N–H and O–H groups in total. The Morgan fingerprint density at radius 2 is 2.00 bits per heavy atom. The quantitative estimate of drug-likeness (QED) is 0.855. The van der Waals surface area contributed by atoms with Gasteiger partial charge in [0, 0.05) is 11.0 Å². The van der Waals surface area contributed by atoms with Crippen molar-refractivity contribution in [2.24, 2.45) is 5.41 Å². The molecule has 0 bridgehead atoms. The Labute approximate surface area is 100 Å². The van der Waals surface area contributed by atoms with Gasteiger partial charge < -0.3 is 14.6 Å². The molecule has 92 valence electrons. The van der Waals surface area contributed by atoms with Crippen LogP contribution in [0.4, 0.5) is 0 Å². The molecule has 1 fully saturated rings. The van der Waals surface area contributed by atoms with Crippen molar-refractivity contribution in [1.29, 1.82) is 0 Å². The summed E-state index contributed by atoms with van der Waals surface area (Å²) in [5.41, 5.74) is 0.325. The van der Waals surface area contributed by atoms with Crippen LogP contribution >= 0.6 is 0 Å². The fourth-order valence-electron chi connectivity index (χ4n) is 1.89. The van der Waals surface area contributed by atoms with Crippen LogP contribution in [0, 0.1) is 5.41 Å². The number of hydrogen-bond acceptors (Lipinski definition) is 3. The van der Waals surface area contributed by atoms with E-state index >= 15 is 0 Å². The van der Waals surface area contributed by atoms with E-state index in [-0.39, 0.29) is 0 Å². The Bertz CT molecular complexity index is 399. The van der Waals surface area contributed by atoms with Crippen LogP contribution in [-0.4, -0.2) is 23.8 Å². The van der Waals surface area contributed by atoms with Gasteiger partial charge in [-0.25, -0.2) is 4.79 Å². The molecule has 1 aromatic rings. The number of ether oxygens (including phenoxy) is 2. The van der Waals surface area contributed by atoms with Crippen molar-refractivity contribution in [3.05, 3.63) is 35.9 Å². The molecule has 1 unspecified atom stereocenters. The van der Waals surface area contributed by atoms with Crippen molar-refractivity contribution in [2.45, 2.75) is 26.2 Å². The molecule has 0 aliphatic carbocycles. The average molecular weight is 236 g/mol. The monoisotopic (exact) mass is 236 g/mol. The summed E-state index contributed by atoms with van der Waals surface area (Å²) in [6.07, 6.45) is -1.44. The predicted octanol–water partition coefficient (Wildman–Crippen LogP) is 2.21. The second-order valence-corrected chi connectivity index (χ2v) is 4.90. The molecule has 1 saturated heterocycles. The van der Waals surface area contributed by atoms with Crippen LogP contribution in [0.5, 0.6) is 0 Å². The van der Waals surface area contributed by atoms with Crippen molar-refractivity contribution in [1.82, 2.24) is 0 Å². The predicted molar refractivity (Wildman–Crippen MR) is 61.4 cm³/mol. The zero-order chi connectivity index (χ0) is 12.5. The van der Waals surface area contributed by atoms with Crippen molar-refractivity contribution in [2.75, 3.05) is 6.61 Å². The van der Waals surface area contributed by atoms with Crippen molar-refractivity contribution >= 4 is 5.97 Å². The Balaban J connectivity index is 2.18. The normalized spacial score (nSPS) is 27.6. The largest absolute Gasteiger partial charge is 0.479 e. The number of hydrogen-bond donors (Lipinski definition) is 1. The molecule has 1 aliphatic heterocycles. The number of benzene rings is 1. The maximum absolute atomic E-state index is 11.2. The molecule has 1 heterocycles. The lowest BCUT2D eigenvalue weighted by Crippen LogP contribution is -2.47. The molecule has 2 rings (SSSR count). The summed E-state index contributed by atoms with van der Waals surface area (Å²) in [5.74, 6) is -0.945. The molecule has 0 saturated carbocycles. The van der Waals surface area contributed by atoms with E-state index in [0.29, 0.717) is 6.61 Å². The highest BCUT2D eigenvalue weighted by Gasteiger charge is 2.43. The molecular weight excluding hydrogens is 220 g/mol. The molecule has 0 amide bonds. The van der Waals surface area contributed by atoms with E-state index in [4.69, 9.17) is 14.6 Å². The summed E-state index contributed by atoms with van der Waals surface area (Å²) in [7, 11) is 0. The first kappa shape index (κ1) is 12.1. The van der Waals surface area contributed by atoms with Crippen LogP contribution in [0.2, 0.25) is 0 Å². The highest BCUT2D eigenvalue weighted by atomic mass is 16.7. The van der Waals surface area contributed by atoms with Gasteiger partial charge >= 0.3 is 5.97 Å². The second-order valence-electron chi connectivity index (χ2n) is 4.90. The first-order valence-electron chi connectivity index (χ1n) is 5.55. The fraction of sp³-hybridized carbons (Fsp3) is 0.462. The molecule has 0 aromatic heterocycles. The van der Waals surface area contributed by atoms with Gasteiger partial charge in [-0.2, -0.15) is 0 Å². The van der Waals surface area contributed by atoms with Crippen molar-refractivity contribution < 1.29 is 19.4 Å². The van der Waals surface area contributed by atoms with Crippen LogP contribution in [0.1, 0.15) is 25.7 Å². The summed E-state index contributed by atoms with van der Waals surface area (Å²) < 4.78 is 11.1. The van der Waals surface area contributed by atoms with Gasteiger partial charge in [-0.3, -0.25) is 0 Å². The van der Waals surface area contributed by atoms with Gasteiger partial charge in [-0.1, -0.05) is 44.2 Å². The Hall–Kier alpha value is -1.39. The summed E-state index contributed by atoms with van der Waals surface area (Å²) >= 11 is 0. The van der Waals surface area contributed by atoms with E-state index in [1.54, 1.807) is 0 Å². The summed E-state index contributed by atoms with van der Waals surface area (Å²) in [6.45, 7) is 4.02. The SMILES string of the molecule is CC1(C)COC(c2ccccc2)O[C@H]1C(=O)O. The standard InChI is InChI=1S/C13H16O4/c1-13(2)8-16-12(17-10(13)11(14)15)9-6-4-3-5-7-9/h3-7,10,12H,8H2,1-2H3,(H,14,15)/t10-,12?/m0/s1. The number of carboxylic acid groups (broad SMARTS) is 1. The smallest absolute Gasteiger partial charge is 0.333 e. The third-order valence-electron chi connectivity index (χ3n) is 2.87. The molecule has 1 aromatic carbocycles. The summed E-state index contributed by atoms with van der Waals surface area (Å²) in [4.78, 5) is 11.2. The number of carboxylic acids is 1. The van der Waals surface area contributed by atoms with Crippen LogP contribution in [0.15, 0.2) is 30.3 Å². The molecule has 2 atom stereocenters. The maximum Gasteiger partial charge on any atom is 0.333 e. The van der Waals surface area contributed by atoms with Crippen LogP contribution in [-0.2, 0) is 14.3 Å². The van der Waals surface area contributed by atoms with Gasteiger partial charge in [0.2, 0.25) is 0 Å². The van der Waals surface area contributed by atoms with E-state index < -0.39 is 23.8 Å². The van der Waals surface area contributed by atoms with E-state index in [1.807, 2.05) is 44.2 Å². The zero-order valence-electron chi connectivity index (χ0n) is 9.92. The van der Waals surface area contributed by atoms with Gasteiger partial charge in [0.1, 0.15) is 0 Å². The Morgan fingerprint density at radius 3 is 2.59 bits per heavy atom. The summed E-state index contributed by atoms with van der Waals surface area (Å²) in [5, 5.41) is 9.16. The van der Waals surface area contributed by atoms with E-state index in [9.17, 15) is 4.79 Å². The molecule has 4 nitrogen and oxygen atoms in total. The van der Waals surface area contributed by atoms with Crippen LogP contribution < -0.4 is 0 Å². The number of rotatable bonds is 2. The molecular formula is C13H16O4. The molecule has 0 radical (unpaired) electrons. The summed E-state index contributed by atoms with van der Waals surface area (Å²) in [6, 6.07) is 9.36. The van der Waals surface area contributed by atoms with Crippen LogP contribution in [0.25, 0.3) is 0 Å². The van der Waals surface area contributed by atoms with E-state index in [0.717, 1.165) is 5.56 Å². The van der Waals surface area contributed by atoms with E-state index in [2.05, 4.69) is 0 Å². The van der Waals surface area contributed by atoms with Crippen molar-refractivity contribution in [3.8, 4) is 0 Å². The number of aliphatic carboxylic acids is 1. The minimum absolute atomic E-state index is 0.365. The molecule has 17 heavy (non-hydrogen) atoms. The average Bonchev–Trinajstić information content (AvgIpc) is 2.29. The minimum atomic E-state index is -0.945. The highest BCUT2D eigenvalue weighted by Crippen LogP contribution is 2.36. The topological polar surface area (TPSA) is 55.8 Å². The number of carbonyl (C=O) groups is 1. The third kappa shape index (κ3) is 2.48. The van der Waals surface area contributed by atoms with E-state index in [1.165, 1.54) is 0 Å². The van der Waals surface area contributed by atoms with Crippen molar-refractivity contribution in [3.63, 3.8) is 0 Å². The fourth-order valence-corrected chi connectivity index (χ4v) is 1.89. The van der Waals surface area contributed by atoms with Crippen LogP contribution in [0.3, 0.4) is 0 Å². The van der Waals surface area contributed by atoms with Gasteiger partial charge in [0.05, 0.1) is 6.61 Å². The first-order valence-corrected chi connectivity index (χ1v) is 5.55. The molecule has 1 aliphatic rings. The lowest BCUT2D eigenvalue weighted by atomic mass is 9.86. The molecule has 4 heteroatoms. The first-order chi connectivity index (χ1) is 8.00. The zero-order valence-corrected chi connectivity index (χ0v) is 9.92. The Morgan fingerprint density at radius 1 is 1.35 bits per heavy atom. The van der Waals surface area contributed by atoms with Gasteiger partial charge in [-0.15, -0.1) is 0 Å². The second kappa shape index (κ2) is 4.47. The maximum atomic E-state index is 11.2. The molecule has 0 spiro atoms. The highest BCUT2D eigenvalue weighted by molar-refractivity contribution is 5.73. The van der Waals surface area contributed by atoms with Gasteiger partial charge in [0.25, 0.3) is 0 Å². The van der Waals surface area contributed by atoms with Gasteiger partial charge in [-0.05, 0) is 0 Å².